The van der Waals surface area contributed by atoms with Gasteiger partial charge in [0.15, 0.2) is 0 Å². The second kappa shape index (κ2) is 8.12. The van der Waals surface area contributed by atoms with Crippen LogP contribution in [0.4, 0.5) is 4.39 Å². The summed E-state index contributed by atoms with van der Waals surface area (Å²) in [6, 6.07) is 7.63. The smallest absolute Gasteiger partial charge is 0.329 e. The van der Waals surface area contributed by atoms with E-state index in [9.17, 15) is 14.3 Å². The van der Waals surface area contributed by atoms with Crippen LogP contribution in [0.1, 0.15) is 51.0 Å². The number of halogens is 1. The van der Waals surface area contributed by atoms with E-state index in [1.165, 1.54) is 38.5 Å². The molecule has 1 aliphatic heterocycles. The molecule has 5 nitrogen and oxygen atoms in total. The fourth-order valence-electron chi connectivity index (χ4n) is 6.43. The standard InChI is InChI=1S/C24H34FN3O2/c25-12-14-27-21-6-1-2-7-22(21)28(23(27)30)20-8-13-26(15-18(20)17-29)16-19-5-3-4-9-24(19)10-11-24/h1-2,6-7,18-20,29H,3-5,8-17H2/t18-,19-,20+/m1/s1/i25-1. The minimum atomic E-state index is -0.557. The first-order valence-corrected chi connectivity index (χ1v) is 11.8. The molecule has 0 bridgehead atoms. The number of fused-ring (bicyclic) bond motifs is 1. The number of aliphatic hydroxyl groups excluding tert-OH is 1. The Hall–Kier alpha value is -1.66. The van der Waals surface area contributed by atoms with Crippen molar-refractivity contribution >= 4 is 11.0 Å². The summed E-state index contributed by atoms with van der Waals surface area (Å²) in [5.74, 6) is 0.830. The van der Waals surface area contributed by atoms with Crippen LogP contribution in [0.2, 0.25) is 0 Å². The van der Waals surface area contributed by atoms with Crippen LogP contribution in [0.3, 0.4) is 0 Å². The van der Waals surface area contributed by atoms with E-state index < -0.39 is 6.67 Å². The molecule has 2 saturated carbocycles. The molecule has 3 fully saturated rings. The number of aliphatic hydroxyl groups is 1. The van der Waals surface area contributed by atoms with Crippen LogP contribution in [-0.4, -0.2) is 52.1 Å². The first-order valence-electron chi connectivity index (χ1n) is 11.8. The van der Waals surface area contributed by atoms with Crippen molar-refractivity contribution in [2.75, 3.05) is 32.9 Å². The van der Waals surface area contributed by atoms with Gasteiger partial charge in [0.2, 0.25) is 0 Å². The van der Waals surface area contributed by atoms with E-state index in [-0.39, 0.29) is 30.8 Å². The van der Waals surface area contributed by atoms with Crippen molar-refractivity contribution < 1.29 is 9.50 Å². The molecule has 3 atom stereocenters. The number of para-hydroxylation sites is 2. The number of alkyl halides is 1. The average molecular weight is 415 g/mol. The lowest BCUT2D eigenvalue weighted by Gasteiger charge is -2.42. The van der Waals surface area contributed by atoms with Crippen LogP contribution in [-0.2, 0) is 6.54 Å². The molecule has 1 aromatic heterocycles. The number of aryl methyl sites for hydroxylation is 1. The van der Waals surface area contributed by atoms with E-state index >= 15 is 0 Å². The Morgan fingerprint density at radius 1 is 1.10 bits per heavy atom. The molecule has 5 rings (SSSR count). The van der Waals surface area contributed by atoms with Gasteiger partial charge in [-0.2, -0.15) is 0 Å². The van der Waals surface area contributed by atoms with Crippen molar-refractivity contribution in [3.05, 3.63) is 34.7 Å². The fraction of sp³-hybridized carbons (Fsp3) is 0.708. The third-order valence-electron chi connectivity index (χ3n) is 8.24. The highest BCUT2D eigenvalue weighted by Gasteiger charge is 2.50. The normalized spacial score (nSPS) is 28.9. The van der Waals surface area contributed by atoms with Crippen LogP contribution in [0.25, 0.3) is 11.0 Å². The summed E-state index contributed by atoms with van der Waals surface area (Å²) in [4.78, 5) is 15.7. The van der Waals surface area contributed by atoms with Gasteiger partial charge in [-0.1, -0.05) is 25.0 Å². The highest BCUT2D eigenvalue weighted by molar-refractivity contribution is 5.76. The summed E-state index contributed by atoms with van der Waals surface area (Å²) in [5, 5.41) is 10.2. The Bertz CT molecular complexity index is 948. The Morgan fingerprint density at radius 2 is 1.90 bits per heavy atom. The molecule has 0 unspecified atom stereocenters. The highest BCUT2D eigenvalue weighted by atomic mass is 18.2. The van der Waals surface area contributed by atoms with Crippen molar-refractivity contribution in [1.29, 1.82) is 0 Å². The molecule has 2 aliphatic carbocycles. The molecule has 30 heavy (non-hydrogen) atoms. The van der Waals surface area contributed by atoms with Gasteiger partial charge in [-0.15, -0.1) is 0 Å². The monoisotopic (exact) mass is 414 g/mol. The number of rotatable bonds is 6. The van der Waals surface area contributed by atoms with Crippen molar-refractivity contribution in [3.63, 3.8) is 0 Å². The van der Waals surface area contributed by atoms with E-state index in [0.717, 1.165) is 43.0 Å². The zero-order chi connectivity index (χ0) is 20.7. The summed E-state index contributed by atoms with van der Waals surface area (Å²) in [5.41, 5.74) is 2.13. The first kappa shape index (κ1) is 20.3. The van der Waals surface area contributed by atoms with Gasteiger partial charge < -0.3 is 10.0 Å². The quantitative estimate of drug-likeness (QED) is 0.786. The van der Waals surface area contributed by atoms with Gasteiger partial charge in [0.25, 0.3) is 0 Å². The predicted molar refractivity (Wildman–Crippen MR) is 116 cm³/mol. The molecular weight excluding hydrogens is 380 g/mol. The topological polar surface area (TPSA) is 50.4 Å². The van der Waals surface area contributed by atoms with E-state index in [1.807, 2.05) is 28.8 Å². The van der Waals surface area contributed by atoms with Gasteiger partial charge in [-0.3, -0.25) is 9.13 Å². The highest BCUT2D eigenvalue weighted by Crippen LogP contribution is 2.59. The van der Waals surface area contributed by atoms with Crippen molar-refractivity contribution in [3.8, 4) is 0 Å². The van der Waals surface area contributed by atoms with E-state index in [2.05, 4.69) is 4.90 Å². The zero-order valence-corrected chi connectivity index (χ0v) is 17.8. The molecular formula is C24H34FN3O2. The van der Waals surface area contributed by atoms with Gasteiger partial charge >= 0.3 is 5.69 Å². The number of aromatic nitrogens is 2. The maximum Gasteiger partial charge on any atom is 0.329 e. The number of benzene rings is 1. The number of hydrogen-bond donors (Lipinski definition) is 1. The lowest BCUT2D eigenvalue weighted by atomic mass is 9.75. The molecule has 1 N–H and O–H groups in total. The fourth-order valence-corrected chi connectivity index (χ4v) is 6.43. The minimum Gasteiger partial charge on any atom is -0.396 e. The average Bonchev–Trinajstić information content (AvgIpc) is 3.49. The Morgan fingerprint density at radius 3 is 2.63 bits per heavy atom. The molecule has 0 amide bonds. The van der Waals surface area contributed by atoms with Gasteiger partial charge in [-0.25, -0.2) is 9.18 Å². The van der Waals surface area contributed by atoms with Crippen LogP contribution in [0, 0.1) is 17.3 Å². The van der Waals surface area contributed by atoms with Crippen molar-refractivity contribution in [1.82, 2.24) is 14.0 Å². The summed E-state index contributed by atoms with van der Waals surface area (Å²) in [6.45, 7) is 2.54. The molecule has 1 aromatic carbocycles. The molecule has 2 heterocycles. The molecule has 1 spiro atoms. The summed E-state index contributed by atoms with van der Waals surface area (Å²) in [6.07, 6.45) is 9.16. The second-order valence-electron chi connectivity index (χ2n) is 9.85. The van der Waals surface area contributed by atoms with Crippen LogP contribution in [0.15, 0.2) is 29.1 Å². The third-order valence-corrected chi connectivity index (χ3v) is 8.24. The Balaban J connectivity index is 1.38. The maximum atomic E-state index is 13.2. The molecule has 2 aromatic rings. The number of imidazole rings is 1. The lowest BCUT2D eigenvalue weighted by Crippen LogP contribution is -2.47. The van der Waals surface area contributed by atoms with Crippen LogP contribution < -0.4 is 5.69 Å². The third kappa shape index (κ3) is 3.42. The van der Waals surface area contributed by atoms with Gasteiger partial charge in [0.05, 0.1) is 17.6 Å². The molecule has 1 saturated heterocycles. The van der Waals surface area contributed by atoms with Gasteiger partial charge in [0.1, 0.15) is 6.67 Å². The molecule has 164 valence electrons. The molecule has 3 aliphatic rings. The van der Waals surface area contributed by atoms with E-state index in [1.54, 1.807) is 4.57 Å². The zero-order valence-electron chi connectivity index (χ0n) is 17.8. The number of likely N-dealkylation sites (tertiary alicyclic amines) is 1. The van der Waals surface area contributed by atoms with Gasteiger partial charge in [-0.05, 0) is 55.6 Å². The maximum absolute atomic E-state index is 13.2. The first-order chi connectivity index (χ1) is 14.7. The van der Waals surface area contributed by atoms with Gasteiger partial charge in [0, 0.05) is 38.2 Å². The largest absolute Gasteiger partial charge is 0.396 e. The Labute approximate surface area is 177 Å². The lowest BCUT2D eigenvalue weighted by molar-refractivity contribution is 0.0499. The van der Waals surface area contributed by atoms with E-state index in [0.29, 0.717) is 5.41 Å². The minimum absolute atomic E-state index is 0.0276. The number of piperidine rings is 1. The Kier molecular flexibility index (Phi) is 5.48. The second-order valence-corrected chi connectivity index (χ2v) is 9.85. The van der Waals surface area contributed by atoms with E-state index in [4.69, 9.17) is 0 Å². The van der Waals surface area contributed by atoms with Crippen molar-refractivity contribution in [2.24, 2.45) is 17.3 Å². The summed E-state index contributed by atoms with van der Waals surface area (Å²) < 4.78 is 16.5. The summed E-state index contributed by atoms with van der Waals surface area (Å²) >= 11 is 0. The number of hydrogen-bond acceptors (Lipinski definition) is 3. The molecule has 0 radical (unpaired) electrons. The van der Waals surface area contributed by atoms with Crippen molar-refractivity contribution in [2.45, 2.75) is 57.5 Å². The predicted octanol–water partition coefficient (Wildman–Crippen LogP) is 3.60. The molecule has 6 heteroatoms. The van der Waals surface area contributed by atoms with Crippen LogP contribution in [0.5, 0.6) is 0 Å². The van der Waals surface area contributed by atoms with Crippen LogP contribution >= 0.6 is 0 Å². The SMILES string of the molecule is O=c1n(CC[18F])c2ccccc2n1[C@H]1CCN(C[C@H]2CCCCC23CC3)C[C@@H]1CO. The number of nitrogens with zero attached hydrogens (tertiary/aromatic N) is 3. The summed E-state index contributed by atoms with van der Waals surface area (Å²) in [7, 11) is 0.